The number of pyridine rings is 1. The summed E-state index contributed by atoms with van der Waals surface area (Å²) in [6.07, 6.45) is 3.14. The second-order valence-corrected chi connectivity index (χ2v) is 6.96. The Bertz CT molecular complexity index is 1110. The molecule has 0 atom stereocenters. The number of nitrogens with one attached hydrogen (secondary N) is 3. The van der Waals surface area contributed by atoms with Crippen molar-refractivity contribution in [3.63, 3.8) is 0 Å². The van der Waals surface area contributed by atoms with Gasteiger partial charge in [-0.3, -0.25) is 9.89 Å². The van der Waals surface area contributed by atoms with Crippen LogP contribution in [0.1, 0.15) is 15.4 Å². The van der Waals surface area contributed by atoms with Crippen molar-refractivity contribution in [2.24, 2.45) is 0 Å². The Kier molecular flexibility index (Phi) is 4.27. The van der Waals surface area contributed by atoms with Crippen LogP contribution in [-0.2, 0) is 0 Å². The van der Waals surface area contributed by atoms with Gasteiger partial charge < -0.3 is 10.6 Å². The van der Waals surface area contributed by atoms with Crippen molar-refractivity contribution in [2.75, 3.05) is 10.6 Å². The first-order chi connectivity index (χ1) is 12.6. The molecule has 3 aromatic heterocycles. The van der Waals surface area contributed by atoms with E-state index in [0.717, 1.165) is 16.6 Å². The molecule has 3 heterocycles. The third kappa shape index (κ3) is 3.24. The maximum Gasteiger partial charge on any atom is 0.267 e. The number of hydrogen-bond donors (Lipinski definition) is 3. The Morgan fingerprint density at radius 3 is 2.96 bits per heavy atom. The molecule has 0 aliphatic heterocycles. The smallest absolute Gasteiger partial charge is 0.267 e. The summed E-state index contributed by atoms with van der Waals surface area (Å²) < 4.78 is 0. The predicted octanol–water partition coefficient (Wildman–Crippen LogP) is 4.37. The summed E-state index contributed by atoms with van der Waals surface area (Å²) in [5.41, 5.74) is 2.21. The molecular weight excluding hydrogens is 372 g/mol. The first-order valence-electron chi connectivity index (χ1n) is 7.69. The van der Waals surface area contributed by atoms with Gasteiger partial charge in [-0.2, -0.15) is 5.10 Å². The van der Waals surface area contributed by atoms with E-state index < -0.39 is 0 Å². The van der Waals surface area contributed by atoms with E-state index in [1.807, 2.05) is 31.2 Å². The average Bonchev–Trinajstić information content (AvgIpc) is 3.27. The highest BCUT2D eigenvalue weighted by atomic mass is 35.5. The van der Waals surface area contributed by atoms with E-state index in [9.17, 15) is 4.79 Å². The number of rotatable bonds is 4. The number of fused-ring (bicyclic) bond motifs is 1. The van der Waals surface area contributed by atoms with Crippen molar-refractivity contribution in [2.45, 2.75) is 6.92 Å². The van der Waals surface area contributed by atoms with Crippen LogP contribution in [0.25, 0.3) is 10.9 Å². The van der Waals surface area contributed by atoms with E-state index in [2.05, 4.69) is 30.8 Å². The van der Waals surface area contributed by atoms with E-state index >= 15 is 0 Å². The second kappa shape index (κ2) is 6.74. The predicted molar refractivity (Wildman–Crippen MR) is 103 cm³/mol. The standard InChI is InChI=1S/C17H13ClN6OS/c1-9-3-2-4-14(21-9)22-17-19-8-13(26-17)16(25)23-15-10-7-20-24-12(10)6-5-11(15)18/h2-8H,1H3,(H,20,24)(H,23,25)(H,19,21,22). The Morgan fingerprint density at radius 2 is 2.12 bits per heavy atom. The van der Waals surface area contributed by atoms with E-state index in [4.69, 9.17) is 11.6 Å². The highest BCUT2D eigenvalue weighted by Gasteiger charge is 2.15. The Hall–Kier alpha value is -2.97. The SMILES string of the molecule is Cc1cccc(Nc2ncc(C(=O)Nc3c(Cl)ccc4[nH]ncc34)s2)n1. The highest BCUT2D eigenvalue weighted by molar-refractivity contribution is 7.17. The lowest BCUT2D eigenvalue weighted by Crippen LogP contribution is -2.10. The largest absolute Gasteiger partial charge is 0.319 e. The van der Waals surface area contributed by atoms with Crippen LogP contribution in [0.3, 0.4) is 0 Å². The van der Waals surface area contributed by atoms with Gasteiger partial charge in [0.05, 0.1) is 28.6 Å². The number of carbonyl (C=O) groups excluding carboxylic acids is 1. The monoisotopic (exact) mass is 384 g/mol. The molecule has 9 heteroatoms. The second-order valence-electron chi connectivity index (χ2n) is 5.53. The van der Waals surface area contributed by atoms with Crippen molar-refractivity contribution in [3.8, 4) is 0 Å². The molecule has 7 nitrogen and oxygen atoms in total. The van der Waals surface area contributed by atoms with Gasteiger partial charge in [-0.15, -0.1) is 0 Å². The van der Waals surface area contributed by atoms with Gasteiger partial charge in [-0.25, -0.2) is 9.97 Å². The number of thiazole rings is 1. The third-order valence-electron chi connectivity index (χ3n) is 3.66. The van der Waals surface area contributed by atoms with Crippen molar-refractivity contribution in [1.82, 2.24) is 20.2 Å². The number of nitrogens with zero attached hydrogens (tertiary/aromatic N) is 3. The van der Waals surface area contributed by atoms with Crippen LogP contribution in [0, 0.1) is 6.92 Å². The topological polar surface area (TPSA) is 95.6 Å². The molecular formula is C17H13ClN6OS. The van der Waals surface area contributed by atoms with Crippen LogP contribution in [0.4, 0.5) is 16.6 Å². The molecule has 0 radical (unpaired) electrons. The van der Waals surface area contributed by atoms with Gasteiger partial charge in [0, 0.05) is 11.1 Å². The lowest BCUT2D eigenvalue weighted by molar-refractivity contribution is 0.103. The quantitative estimate of drug-likeness (QED) is 0.485. The van der Waals surface area contributed by atoms with Crippen molar-refractivity contribution in [1.29, 1.82) is 0 Å². The molecule has 0 bridgehead atoms. The van der Waals surface area contributed by atoms with Gasteiger partial charge in [-0.05, 0) is 31.2 Å². The van der Waals surface area contributed by atoms with Crippen LogP contribution in [0.5, 0.6) is 0 Å². The van der Waals surface area contributed by atoms with Crippen LogP contribution >= 0.6 is 22.9 Å². The number of aromatic amines is 1. The molecule has 130 valence electrons. The summed E-state index contributed by atoms with van der Waals surface area (Å²) in [5.74, 6) is 0.390. The zero-order chi connectivity index (χ0) is 18.1. The number of halogens is 1. The number of hydrogen-bond acceptors (Lipinski definition) is 6. The third-order valence-corrected chi connectivity index (χ3v) is 4.89. The summed E-state index contributed by atoms with van der Waals surface area (Å²) in [5, 5.41) is 14.5. The van der Waals surface area contributed by atoms with Crippen LogP contribution in [0.2, 0.25) is 5.02 Å². The lowest BCUT2D eigenvalue weighted by Gasteiger charge is -2.07. The molecule has 0 saturated carbocycles. The normalized spacial score (nSPS) is 10.8. The maximum atomic E-state index is 12.6. The summed E-state index contributed by atoms with van der Waals surface area (Å²) in [4.78, 5) is 21.6. The van der Waals surface area contributed by atoms with E-state index in [0.29, 0.717) is 26.5 Å². The fourth-order valence-corrected chi connectivity index (χ4v) is 3.38. The van der Waals surface area contributed by atoms with Crippen LogP contribution in [0.15, 0.2) is 42.7 Å². The van der Waals surface area contributed by atoms with Crippen LogP contribution < -0.4 is 10.6 Å². The van der Waals surface area contributed by atoms with Crippen molar-refractivity contribution < 1.29 is 4.79 Å². The zero-order valence-electron chi connectivity index (χ0n) is 13.6. The molecule has 4 aromatic rings. The molecule has 0 unspecified atom stereocenters. The lowest BCUT2D eigenvalue weighted by atomic mass is 10.2. The minimum Gasteiger partial charge on any atom is -0.319 e. The van der Waals surface area contributed by atoms with E-state index in [-0.39, 0.29) is 5.91 Å². The first kappa shape index (κ1) is 16.5. The van der Waals surface area contributed by atoms with Gasteiger partial charge in [0.25, 0.3) is 5.91 Å². The van der Waals surface area contributed by atoms with Gasteiger partial charge in [-0.1, -0.05) is 29.0 Å². The summed E-state index contributed by atoms with van der Waals surface area (Å²) in [6, 6.07) is 9.17. The number of aryl methyl sites for hydroxylation is 1. The minimum absolute atomic E-state index is 0.289. The molecule has 1 amide bonds. The molecule has 26 heavy (non-hydrogen) atoms. The maximum absolute atomic E-state index is 12.6. The Balaban J connectivity index is 1.55. The average molecular weight is 385 g/mol. The fraction of sp³-hybridized carbons (Fsp3) is 0.0588. The molecule has 0 aliphatic rings. The molecule has 0 spiro atoms. The molecule has 4 rings (SSSR count). The summed E-state index contributed by atoms with van der Waals surface area (Å²) in [6.45, 7) is 1.91. The number of benzene rings is 1. The highest BCUT2D eigenvalue weighted by Crippen LogP contribution is 2.31. The zero-order valence-corrected chi connectivity index (χ0v) is 15.1. The molecule has 1 aromatic carbocycles. The fourth-order valence-electron chi connectivity index (χ4n) is 2.45. The van der Waals surface area contributed by atoms with Crippen LogP contribution in [-0.4, -0.2) is 26.1 Å². The first-order valence-corrected chi connectivity index (χ1v) is 8.89. The number of anilines is 3. The number of carbonyl (C=O) groups is 1. The molecule has 0 aliphatic carbocycles. The number of amides is 1. The minimum atomic E-state index is -0.289. The summed E-state index contributed by atoms with van der Waals surface area (Å²) >= 11 is 7.46. The van der Waals surface area contributed by atoms with Gasteiger partial charge in [0.2, 0.25) is 0 Å². The Morgan fingerprint density at radius 1 is 1.23 bits per heavy atom. The van der Waals surface area contributed by atoms with E-state index in [1.54, 1.807) is 12.3 Å². The van der Waals surface area contributed by atoms with Crippen molar-refractivity contribution >= 4 is 56.4 Å². The number of H-pyrrole nitrogens is 1. The Labute approximate surface area is 157 Å². The number of aromatic nitrogens is 4. The summed E-state index contributed by atoms with van der Waals surface area (Å²) in [7, 11) is 0. The molecule has 3 N–H and O–H groups in total. The van der Waals surface area contributed by atoms with E-state index in [1.165, 1.54) is 17.5 Å². The van der Waals surface area contributed by atoms with Gasteiger partial charge in [0.1, 0.15) is 10.7 Å². The molecule has 0 fully saturated rings. The van der Waals surface area contributed by atoms with Gasteiger partial charge >= 0.3 is 0 Å². The van der Waals surface area contributed by atoms with Crippen molar-refractivity contribution in [3.05, 3.63) is 58.3 Å². The molecule has 0 saturated heterocycles. The van der Waals surface area contributed by atoms with Gasteiger partial charge in [0.15, 0.2) is 5.13 Å².